The number of rotatable bonds is 3. The van der Waals surface area contributed by atoms with E-state index in [9.17, 15) is 0 Å². The standard InChI is InChI=1S/C11H16BrN3O/c1-15(8-5-3-4-6-8)11-13-7-9(12)10(14-11)16-2/h7-8H,3-6H2,1-2H3. The molecule has 0 bridgehead atoms. The van der Waals surface area contributed by atoms with E-state index in [0.717, 1.165) is 10.4 Å². The van der Waals surface area contributed by atoms with Gasteiger partial charge >= 0.3 is 0 Å². The van der Waals surface area contributed by atoms with Crippen molar-refractivity contribution in [2.75, 3.05) is 19.1 Å². The molecule has 0 aliphatic heterocycles. The molecule has 4 nitrogen and oxygen atoms in total. The van der Waals surface area contributed by atoms with Gasteiger partial charge in [0.1, 0.15) is 0 Å². The van der Waals surface area contributed by atoms with E-state index in [1.54, 1.807) is 13.3 Å². The first-order valence-corrected chi connectivity index (χ1v) is 6.31. The van der Waals surface area contributed by atoms with Crippen molar-refractivity contribution >= 4 is 21.9 Å². The quantitative estimate of drug-likeness (QED) is 0.856. The Balaban J connectivity index is 2.19. The molecule has 1 aromatic heterocycles. The van der Waals surface area contributed by atoms with Crippen molar-refractivity contribution in [3.63, 3.8) is 0 Å². The third-order valence-corrected chi connectivity index (χ3v) is 3.62. The average Bonchev–Trinajstić information content (AvgIpc) is 2.82. The third-order valence-electron chi connectivity index (χ3n) is 3.08. The summed E-state index contributed by atoms with van der Waals surface area (Å²) in [6.45, 7) is 0. The number of hydrogen-bond acceptors (Lipinski definition) is 4. The molecule has 16 heavy (non-hydrogen) atoms. The summed E-state index contributed by atoms with van der Waals surface area (Å²) in [6.07, 6.45) is 6.83. The van der Waals surface area contributed by atoms with Gasteiger partial charge in [-0.1, -0.05) is 12.8 Å². The van der Waals surface area contributed by atoms with Gasteiger partial charge < -0.3 is 9.64 Å². The largest absolute Gasteiger partial charge is 0.480 e. The molecule has 0 saturated heterocycles. The van der Waals surface area contributed by atoms with Crippen LogP contribution in [0.3, 0.4) is 0 Å². The van der Waals surface area contributed by atoms with E-state index in [0.29, 0.717) is 11.9 Å². The second-order valence-corrected chi connectivity index (χ2v) is 4.93. The number of anilines is 1. The lowest BCUT2D eigenvalue weighted by atomic mass is 10.2. The summed E-state index contributed by atoms with van der Waals surface area (Å²) in [5.41, 5.74) is 0. The summed E-state index contributed by atoms with van der Waals surface area (Å²) >= 11 is 3.35. The number of methoxy groups -OCH3 is 1. The zero-order valence-electron chi connectivity index (χ0n) is 9.61. The minimum absolute atomic E-state index is 0.575. The lowest BCUT2D eigenvalue weighted by Crippen LogP contribution is -2.30. The summed E-state index contributed by atoms with van der Waals surface area (Å²) in [4.78, 5) is 10.9. The van der Waals surface area contributed by atoms with Crippen LogP contribution >= 0.6 is 15.9 Å². The molecular formula is C11H16BrN3O. The van der Waals surface area contributed by atoms with Crippen LogP contribution in [0.15, 0.2) is 10.7 Å². The van der Waals surface area contributed by atoms with E-state index >= 15 is 0 Å². The van der Waals surface area contributed by atoms with Gasteiger partial charge in [0.25, 0.3) is 0 Å². The van der Waals surface area contributed by atoms with Crippen LogP contribution in [0, 0.1) is 0 Å². The Morgan fingerprint density at radius 1 is 1.44 bits per heavy atom. The van der Waals surface area contributed by atoms with E-state index < -0.39 is 0 Å². The molecule has 1 aliphatic rings. The molecule has 0 atom stereocenters. The summed E-state index contributed by atoms with van der Waals surface area (Å²) < 4.78 is 5.96. The number of aromatic nitrogens is 2. The molecule has 0 N–H and O–H groups in total. The predicted octanol–water partition coefficient (Wildman–Crippen LogP) is 2.63. The average molecular weight is 286 g/mol. The van der Waals surface area contributed by atoms with Gasteiger partial charge in [0.15, 0.2) is 0 Å². The monoisotopic (exact) mass is 285 g/mol. The molecule has 0 amide bonds. The Bertz CT molecular complexity index is 366. The smallest absolute Gasteiger partial charge is 0.232 e. The molecule has 0 spiro atoms. The first-order valence-electron chi connectivity index (χ1n) is 5.51. The Labute approximate surface area is 104 Å². The van der Waals surface area contributed by atoms with Gasteiger partial charge in [-0.3, -0.25) is 0 Å². The van der Waals surface area contributed by atoms with Crippen LogP contribution in [-0.2, 0) is 0 Å². The van der Waals surface area contributed by atoms with Gasteiger partial charge in [-0.2, -0.15) is 4.98 Å². The van der Waals surface area contributed by atoms with Gasteiger partial charge in [0.05, 0.1) is 17.8 Å². The molecule has 1 aromatic rings. The number of hydrogen-bond donors (Lipinski definition) is 0. The third kappa shape index (κ3) is 2.29. The highest BCUT2D eigenvalue weighted by Crippen LogP contribution is 2.28. The first kappa shape index (κ1) is 11.6. The highest BCUT2D eigenvalue weighted by Gasteiger charge is 2.22. The van der Waals surface area contributed by atoms with Gasteiger partial charge in [-0.25, -0.2) is 4.98 Å². The fourth-order valence-electron chi connectivity index (χ4n) is 2.11. The fraction of sp³-hybridized carbons (Fsp3) is 0.636. The lowest BCUT2D eigenvalue weighted by Gasteiger charge is -2.24. The molecule has 2 rings (SSSR count). The first-order chi connectivity index (χ1) is 7.72. The number of nitrogens with zero attached hydrogens (tertiary/aromatic N) is 3. The maximum atomic E-state index is 5.17. The number of halogens is 1. The van der Waals surface area contributed by atoms with Crippen molar-refractivity contribution in [3.8, 4) is 5.88 Å². The van der Waals surface area contributed by atoms with Crippen molar-refractivity contribution in [2.24, 2.45) is 0 Å². The van der Waals surface area contributed by atoms with E-state index in [2.05, 4.69) is 37.8 Å². The van der Waals surface area contributed by atoms with E-state index in [1.807, 2.05) is 0 Å². The molecule has 1 aliphatic carbocycles. The second-order valence-electron chi connectivity index (χ2n) is 4.08. The van der Waals surface area contributed by atoms with Crippen molar-refractivity contribution in [3.05, 3.63) is 10.7 Å². The van der Waals surface area contributed by atoms with Crippen LogP contribution in [0.1, 0.15) is 25.7 Å². The maximum Gasteiger partial charge on any atom is 0.232 e. The molecule has 0 radical (unpaired) electrons. The zero-order chi connectivity index (χ0) is 11.5. The molecule has 0 unspecified atom stereocenters. The van der Waals surface area contributed by atoms with Crippen LogP contribution in [0.2, 0.25) is 0 Å². The Morgan fingerprint density at radius 3 is 2.75 bits per heavy atom. The summed E-state index contributed by atoms with van der Waals surface area (Å²) in [5, 5.41) is 0. The SMILES string of the molecule is COc1nc(N(C)C2CCCC2)ncc1Br. The summed E-state index contributed by atoms with van der Waals surface area (Å²) in [6, 6.07) is 0.575. The Morgan fingerprint density at radius 2 is 2.12 bits per heavy atom. The molecule has 5 heteroatoms. The van der Waals surface area contributed by atoms with E-state index in [1.165, 1.54) is 25.7 Å². The second kappa shape index (κ2) is 4.99. The molecule has 1 saturated carbocycles. The van der Waals surface area contributed by atoms with Crippen molar-refractivity contribution in [1.82, 2.24) is 9.97 Å². The normalized spacial score (nSPS) is 16.4. The molecule has 1 fully saturated rings. The minimum atomic E-state index is 0.575. The molecule has 1 heterocycles. The fourth-order valence-corrected chi connectivity index (χ4v) is 2.46. The summed E-state index contributed by atoms with van der Waals surface area (Å²) in [5.74, 6) is 1.33. The molecule has 0 aromatic carbocycles. The highest BCUT2D eigenvalue weighted by atomic mass is 79.9. The van der Waals surface area contributed by atoms with Crippen LogP contribution < -0.4 is 9.64 Å². The van der Waals surface area contributed by atoms with Crippen molar-refractivity contribution in [2.45, 2.75) is 31.7 Å². The van der Waals surface area contributed by atoms with Gasteiger partial charge in [-0.15, -0.1) is 0 Å². The van der Waals surface area contributed by atoms with E-state index in [4.69, 9.17) is 4.74 Å². The van der Waals surface area contributed by atoms with Crippen molar-refractivity contribution in [1.29, 1.82) is 0 Å². The molecule has 88 valence electrons. The van der Waals surface area contributed by atoms with E-state index in [-0.39, 0.29) is 0 Å². The van der Waals surface area contributed by atoms with Gasteiger partial charge in [0, 0.05) is 13.1 Å². The van der Waals surface area contributed by atoms with Gasteiger partial charge in [0.2, 0.25) is 11.8 Å². The molecular weight excluding hydrogens is 270 g/mol. The zero-order valence-corrected chi connectivity index (χ0v) is 11.2. The van der Waals surface area contributed by atoms with Crippen LogP contribution in [0.25, 0.3) is 0 Å². The number of ether oxygens (including phenoxy) is 1. The Hall–Kier alpha value is -0.840. The topological polar surface area (TPSA) is 38.2 Å². The maximum absolute atomic E-state index is 5.17. The summed E-state index contributed by atoms with van der Waals surface area (Å²) in [7, 11) is 3.67. The van der Waals surface area contributed by atoms with Crippen molar-refractivity contribution < 1.29 is 4.74 Å². The van der Waals surface area contributed by atoms with Crippen LogP contribution in [-0.4, -0.2) is 30.2 Å². The Kier molecular flexibility index (Phi) is 3.63. The lowest BCUT2D eigenvalue weighted by molar-refractivity contribution is 0.393. The van der Waals surface area contributed by atoms with Crippen LogP contribution in [0.5, 0.6) is 5.88 Å². The highest BCUT2D eigenvalue weighted by molar-refractivity contribution is 9.10. The van der Waals surface area contributed by atoms with Crippen LogP contribution in [0.4, 0.5) is 5.95 Å². The predicted molar refractivity (Wildman–Crippen MR) is 66.9 cm³/mol. The minimum Gasteiger partial charge on any atom is -0.480 e. The van der Waals surface area contributed by atoms with Gasteiger partial charge in [-0.05, 0) is 28.8 Å².